The first-order valence-corrected chi connectivity index (χ1v) is 37.9. The number of nitrogens with zero attached hydrogens (tertiary/aromatic N) is 9. The summed E-state index contributed by atoms with van der Waals surface area (Å²) in [6.45, 7) is 2.95. The van der Waals surface area contributed by atoms with E-state index in [4.69, 9.17) is 11.6 Å². The zero-order valence-electron chi connectivity index (χ0n) is 61.6. The van der Waals surface area contributed by atoms with E-state index in [0.29, 0.717) is 76.4 Å². The molecular formula is C74H112ClF3N12O12. The summed E-state index contributed by atoms with van der Waals surface area (Å²) in [5.74, 6) is -8.31. The quantitative estimate of drug-likeness (QED) is 0.225. The highest BCUT2D eigenvalue weighted by atomic mass is 35.5. The van der Waals surface area contributed by atoms with E-state index in [-0.39, 0.29) is 69.2 Å². The van der Waals surface area contributed by atoms with Crippen molar-refractivity contribution in [2.24, 2.45) is 23.7 Å². The summed E-state index contributed by atoms with van der Waals surface area (Å²) in [7, 11) is 10.1. The topological polar surface area (TPSA) is 270 Å². The van der Waals surface area contributed by atoms with Gasteiger partial charge in [0.1, 0.15) is 47.8 Å². The fourth-order valence-electron chi connectivity index (χ4n) is 16.8. The minimum Gasteiger partial charge on any atom is -0.343 e. The number of halogens is 4. The zero-order valence-corrected chi connectivity index (χ0v) is 62.3. The van der Waals surface area contributed by atoms with E-state index in [1.807, 2.05) is 13.8 Å². The lowest BCUT2D eigenvalue weighted by Gasteiger charge is -2.43. The van der Waals surface area contributed by atoms with Crippen molar-refractivity contribution in [3.8, 4) is 0 Å². The SMILES string of the molecule is CC(C)C[C@H]1C(=O)N[C@@H](C2CCCC2)C(=O)N(C)CC(=O)N(C)CC(=O)N(C)[C@@H](CC2CCCCC2)C(=O)N(C)CC(=O)N[C@@H](CCc2ccc(C(F)(F)F)c(Cl)c2)C(=O)N2CCCC2C(=O)NC2(CCCC2)C(=O)N(C)[C@@H](C2CCCCC2)C(=O)N(C)[C@H](C(=O)N2CCCCC2)CC(=O)N1C. The van der Waals surface area contributed by atoms with Gasteiger partial charge in [-0.3, -0.25) is 57.5 Å². The number of benzene rings is 1. The van der Waals surface area contributed by atoms with Crippen molar-refractivity contribution in [2.75, 3.05) is 88.6 Å². The summed E-state index contributed by atoms with van der Waals surface area (Å²) >= 11 is 6.17. The number of piperidine rings is 1. The Labute approximate surface area is 604 Å². The highest BCUT2D eigenvalue weighted by Crippen LogP contribution is 2.39. The van der Waals surface area contributed by atoms with E-state index in [1.165, 1.54) is 84.8 Å². The average Bonchev–Trinajstić information content (AvgIpc) is 1.30. The fraction of sp³-hybridized carbons (Fsp3) is 0.757. The molecule has 8 rings (SSSR count). The number of aryl methyl sites for hydroxylation is 1. The molecule has 4 aliphatic carbocycles. The normalized spacial score (nSPS) is 27.3. The summed E-state index contributed by atoms with van der Waals surface area (Å²) in [6.07, 6.45) is 9.57. The maximum Gasteiger partial charge on any atom is 0.417 e. The molecule has 24 nitrogen and oxygen atoms in total. The van der Waals surface area contributed by atoms with Gasteiger partial charge in [-0.05, 0) is 138 Å². The molecule has 7 atom stereocenters. The monoisotopic (exact) mass is 1450 g/mol. The van der Waals surface area contributed by atoms with Crippen molar-refractivity contribution in [1.29, 1.82) is 0 Å². The second-order valence-corrected chi connectivity index (χ2v) is 31.2. The van der Waals surface area contributed by atoms with Crippen LogP contribution in [0.1, 0.15) is 198 Å². The van der Waals surface area contributed by atoms with E-state index in [9.17, 15) is 37.1 Å². The Kier molecular flexibility index (Phi) is 28.5. The number of hydrogen-bond donors (Lipinski definition) is 3. The Hall–Kier alpha value is -7.06. The number of rotatable bonds is 10. The lowest BCUT2D eigenvalue weighted by molar-refractivity contribution is -0.157. The summed E-state index contributed by atoms with van der Waals surface area (Å²) in [6, 6.07) is -5.38. The molecule has 12 amide bonds. The Morgan fingerprint density at radius 2 is 1.16 bits per heavy atom. The molecule has 1 aromatic rings. The van der Waals surface area contributed by atoms with E-state index in [0.717, 1.165) is 92.6 Å². The second kappa shape index (κ2) is 36.1. The van der Waals surface area contributed by atoms with Crippen molar-refractivity contribution in [1.82, 2.24) is 60.0 Å². The molecule has 4 saturated carbocycles. The molecular weight excluding hydrogens is 1340 g/mol. The number of likely N-dealkylation sites (N-methyl/N-ethyl adjacent to an activating group) is 7. The van der Waals surface area contributed by atoms with Crippen LogP contribution in [0.2, 0.25) is 5.02 Å². The Balaban J connectivity index is 1.17. The van der Waals surface area contributed by atoms with Gasteiger partial charge >= 0.3 is 6.18 Å². The van der Waals surface area contributed by atoms with Crippen LogP contribution in [0.5, 0.6) is 0 Å². The van der Waals surface area contributed by atoms with Gasteiger partial charge in [-0.15, -0.1) is 0 Å². The van der Waals surface area contributed by atoms with Crippen LogP contribution < -0.4 is 16.0 Å². The van der Waals surface area contributed by atoms with Crippen LogP contribution in [0.3, 0.4) is 0 Å². The van der Waals surface area contributed by atoms with Crippen LogP contribution in [0, 0.1) is 23.7 Å². The first kappa shape index (κ1) is 80.6. The number of nitrogens with one attached hydrogen (secondary N) is 3. The number of likely N-dealkylation sites (tertiary alicyclic amines) is 1. The first-order valence-electron chi connectivity index (χ1n) is 37.5. The number of carbonyl (C=O) groups excluding carboxylic acids is 12. The van der Waals surface area contributed by atoms with E-state index < -0.39 is 167 Å². The molecule has 3 aliphatic heterocycles. The third-order valence-electron chi connectivity index (χ3n) is 23.0. The molecule has 3 saturated heterocycles. The molecule has 0 bridgehead atoms. The molecule has 7 fully saturated rings. The molecule has 28 heteroatoms. The molecule has 3 N–H and O–H groups in total. The van der Waals surface area contributed by atoms with Crippen LogP contribution in [0.25, 0.3) is 0 Å². The zero-order chi connectivity index (χ0) is 74.5. The van der Waals surface area contributed by atoms with Gasteiger partial charge in [0, 0.05) is 69.0 Å². The average molecular weight is 1450 g/mol. The summed E-state index contributed by atoms with van der Waals surface area (Å²) in [5.41, 5.74) is -2.33. The Morgan fingerprint density at radius 3 is 1.77 bits per heavy atom. The van der Waals surface area contributed by atoms with Gasteiger partial charge in [-0.25, -0.2) is 0 Å². The second-order valence-electron chi connectivity index (χ2n) is 30.8. The maximum atomic E-state index is 15.9. The standard InChI is InChI=1S/C74H112ClF3N12O12/c1-47(2)40-56-65(95)80-63(50-26-17-18-27-50)70(100)84(5)45-61(93)82(3)46-62(94)86(7)57(42-48-24-13-10-14-25-48)68(98)83(4)44-59(91)79-54(34-32-49-31-33-52(53(75)41-49)74(76,77)78)67(97)90-39-23-30-55(90)66(96)81-73(35-19-20-36-73)72(102)88(9)64(51-28-15-11-16-29-51)71(101)87(8)58(43-60(92)85(56)6)69(99)89-37-21-12-22-38-89/h31,33,41,47-48,50-51,54-58,63-64H,10-30,32,34-40,42-46H2,1-9H3,(H,79,91)(H,80,95)(H,81,96)/t54-,55?,56-,57-,58-,63-,64-/m0/s1. The van der Waals surface area contributed by atoms with Crippen LogP contribution in [0.4, 0.5) is 13.2 Å². The summed E-state index contributed by atoms with van der Waals surface area (Å²) in [5, 5.41) is 8.31. The molecule has 3 heterocycles. The largest absolute Gasteiger partial charge is 0.417 e. The number of fused-ring (bicyclic) bond motifs is 1. The van der Waals surface area contributed by atoms with Gasteiger partial charge < -0.3 is 60.0 Å². The van der Waals surface area contributed by atoms with Crippen molar-refractivity contribution in [3.63, 3.8) is 0 Å². The Bertz CT molecular complexity index is 3180. The molecule has 1 spiro atoms. The van der Waals surface area contributed by atoms with Gasteiger partial charge in [0.05, 0.1) is 36.6 Å². The molecule has 102 heavy (non-hydrogen) atoms. The van der Waals surface area contributed by atoms with Gasteiger partial charge in [0.25, 0.3) is 0 Å². The number of hydrogen-bond acceptors (Lipinski definition) is 12. The Morgan fingerprint density at radius 1 is 0.578 bits per heavy atom. The smallest absolute Gasteiger partial charge is 0.343 e. The number of alkyl halides is 3. The highest BCUT2D eigenvalue weighted by Gasteiger charge is 2.52. The summed E-state index contributed by atoms with van der Waals surface area (Å²) in [4.78, 5) is 192. The highest BCUT2D eigenvalue weighted by molar-refractivity contribution is 6.31. The molecule has 1 unspecified atom stereocenters. The number of amides is 12. The van der Waals surface area contributed by atoms with E-state index in [2.05, 4.69) is 16.0 Å². The van der Waals surface area contributed by atoms with Crippen molar-refractivity contribution >= 4 is 82.5 Å². The van der Waals surface area contributed by atoms with Crippen LogP contribution in [0.15, 0.2) is 18.2 Å². The minimum atomic E-state index is -4.76. The predicted octanol–water partition coefficient (Wildman–Crippen LogP) is 6.57. The fourth-order valence-corrected chi connectivity index (χ4v) is 17.1. The van der Waals surface area contributed by atoms with Gasteiger partial charge in [0.2, 0.25) is 70.9 Å². The van der Waals surface area contributed by atoms with Gasteiger partial charge in [-0.2, -0.15) is 13.2 Å². The van der Waals surface area contributed by atoms with E-state index in [1.54, 1.807) is 4.90 Å². The van der Waals surface area contributed by atoms with Crippen molar-refractivity contribution < 1.29 is 70.7 Å². The minimum absolute atomic E-state index is 0.0239. The molecule has 1 aromatic carbocycles. The van der Waals surface area contributed by atoms with Crippen LogP contribution in [-0.4, -0.2) is 251 Å². The molecule has 7 aliphatic rings. The molecule has 0 radical (unpaired) electrons. The van der Waals surface area contributed by atoms with Crippen molar-refractivity contribution in [3.05, 3.63) is 34.3 Å². The number of carbonyl (C=O) groups is 12. The first-order chi connectivity index (χ1) is 48.3. The van der Waals surface area contributed by atoms with Gasteiger partial charge in [-0.1, -0.05) is 109 Å². The van der Waals surface area contributed by atoms with Crippen LogP contribution in [-0.2, 0) is 70.1 Å². The molecule has 568 valence electrons. The third kappa shape index (κ3) is 20.1. The van der Waals surface area contributed by atoms with E-state index >= 15 is 33.6 Å². The lowest BCUT2D eigenvalue weighted by atomic mass is 9.81. The molecule has 0 aromatic heterocycles. The maximum absolute atomic E-state index is 15.9. The van der Waals surface area contributed by atoms with Crippen LogP contribution >= 0.6 is 11.6 Å². The summed E-state index contributed by atoms with van der Waals surface area (Å²) < 4.78 is 41.7. The predicted molar refractivity (Wildman–Crippen MR) is 376 cm³/mol. The van der Waals surface area contributed by atoms with Crippen molar-refractivity contribution in [2.45, 2.75) is 248 Å². The van der Waals surface area contributed by atoms with Gasteiger partial charge in [0.15, 0.2) is 0 Å². The third-order valence-corrected chi connectivity index (χ3v) is 23.3. The lowest BCUT2D eigenvalue weighted by Crippen LogP contribution is -2.65.